The standard InChI is InChI=1S/C45H29N3O/c1-3-9-30(10-4-1)36-25-37(35-19-20-44-40(28-35)39-13-7-8-14-43(39)49-44)27-38(26-36)42-29-41(33-11-5-2-6-12-33)47-45(48-42)34-17-15-31(16-18-34)32-21-23-46-24-22-32/h1-29H. The van der Waals surface area contributed by atoms with Gasteiger partial charge in [0.15, 0.2) is 5.82 Å². The number of furan rings is 1. The number of nitrogens with zero attached hydrogens (tertiary/aromatic N) is 3. The lowest BCUT2D eigenvalue weighted by atomic mass is 9.94. The fraction of sp³-hybridized carbons (Fsp3) is 0. The van der Waals surface area contributed by atoms with Gasteiger partial charge in [-0.15, -0.1) is 0 Å². The maximum absolute atomic E-state index is 6.15. The third-order valence-electron chi connectivity index (χ3n) is 9.00. The molecule has 6 aromatic carbocycles. The zero-order valence-electron chi connectivity index (χ0n) is 26.5. The van der Waals surface area contributed by atoms with Crippen molar-refractivity contribution in [2.45, 2.75) is 0 Å². The Morgan fingerprint density at radius 1 is 0.327 bits per heavy atom. The predicted octanol–water partition coefficient (Wildman–Crippen LogP) is 11.8. The SMILES string of the molecule is c1ccc(-c2cc(-c3ccc4oc5ccccc5c4c3)cc(-c3cc(-c4ccccc4)nc(-c4ccc(-c5ccncc5)cc4)n3)c2)cc1. The number of benzene rings is 6. The Morgan fingerprint density at radius 3 is 1.61 bits per heavy atom. The summed E-state index contributed by atoms with van der Waals surface area (Å²) in [5.41, 5.74) is 13.2. The van der Waals surface area contributed by atoms with Crippen molar-refractivity contribution >= 4 is 21.9 Å². The summed E-state index contributed by atoms with van der Waals surface area (Å²) in [5, 5.41) is 2.22. The van der Waals surface area contributed by atoms with Crippen LogP contribution in [0.2, 0.25) is 0 Å². The predicted molar refractivity (Wildman–Crippen MR) is 200 cm³/mol. The first-order valence-corrected chi connectivity index (χ1v) is 16.3. The Balaban J connectivity index is 1.22. The monoisotopic (exact) mass is 627 g/mol. The van der Waals surface area contributed by atoms with Gasteiger partial charge in [0.25, 0.3) is 0 Å². The Bertz CT molecular complexity index is 2580. The van der Waals surface area contributed by atoms with E-state index >= 15 is 0 Å². The second-order valence-corrected chi connectivity index (χ2v) is 12.1. The number of aromatic nitrogens is 3. The molecule has 3 heterocycles. The van der Waals surface area contributed by atoms with Crippen LogP contribution in [0.1, 0.15) is 0 Å². The first kappa shape index (κ1) is 28.6. The molecule has 4 heteroatoms. The topological polar surface area (TPSA) is 51.8 Å². The minimum atomic E-state index is 0.676. The summed E-state index contributed by atoms with van der Waals surface area (Å²) in [4.78, 5) is 14.5. The van der Waals surface area contributed by atoms with Gasteiger partial charge in [0, 0.05) is 39.9 Å². The van der Waals surface area contributed by atoms with Gasteiger partial charge in [-0.05, 0) is 88.0 Å². The number of para-hydroxylation sites is 1. The molecule has 0 N–H and O–H groups in total. The van der Waals surface area contributed by atoms with Gasteiger partial charge in [-0.1, -0.05) is 109 Å². The highest BCUT2D eigenvalue weighted by Crippen LogP contribution is 2.37. The zero-order chi connectivity index (χ0) is 32.6. The molecule has 0 aliphatic rings. The molecule has 3 aromatic heterocycles. The number of pyridine rings is 1. The van der Waals surface area contributed by atoms with Crippen molar-refractivity contribution in [1.82, 2.24) is 15.0 Å². The molecule has 0 spiro atoms. The molecule has 9 rings (SSSR count). The van der Waals surface area contributed by atoms with E-state index in [9.17, 15) is 0 Å². The van der Waals surface area contributed by atoms with E-state index in [2.05, 4.69) is 126 Å². The van der Waals surface area contributed by atoms with Crippen LogP contribution in [0.5, 0.6) is 0 Å². The van der Waals surface area contributed by atoms with Gasteiger partial charge < -0.3 is 4.42 Å². The van der Waals surface area contributed by atoms with Crippen LogP contribution in [0, 0.1) is 0 Å². The van der Waals surface area contributed by atoms with E-state index in [-0.39, 0.29) is 0 Å². The maximum Gasteiger partial charge on any atom is 0.160 e. The second kappa shape index (κ2) is 12.2. The van der Waals surface area contributed by atoms with E-state index in [4.69, 9.17) is 14.4 Å². The molecule has 49 heavy (non-hydrogen) atoms. The van der Waals surface area contributed by atoms with Crippen molar-refractivity contribution in [1.29, 1.82) is 0 Å². The quantitative estimate of drug-likeness (QED) is 0.184. The summed E-state index contributed by atoms with van der Waals surface area (Å²) >= 11 is 0. The molecule has 0 unspecified atom stereocenters. The smallest absolute Gasteiger partial charge is 0.160 e. The molecule has 0 fully saturated rings. The van der Waals surface area contributed by atoms with Gasteiger partial charge in [0.05, 0.1) is 11.4 Å². The summed E-state index contributed by atoms with van der Waals surface area (Å²) in [6, 6.07) is 56.8. The average Bonchev–Trinajstić information content (AvgIpc) is 3.57. The van der Waals surface area contributed by atoms with Gasteiger partial charge >= 0.3 is 0 Å². The lowest BCUT2D eigenvalue weighted by Crippen LogP contribution is -1.96. The third-order valence-corrected chi connectivity index (χ3v) is 9.00. The van der Waals surface area contributed by atoms with Crippen LogP contribution >= 0.6 is 0 Å². The molecule has 0 bridgehead atoms. The van der Waals surface area contributed by atoms with Gasteiger partial charge in [-0.2, -0.15) is 0 Å². The molecule has 9 aromatic rings. The van der Waals surface area contributed by atoms with E-state index in [1.807, 2.05) is 54.9 Å². The highest BCUT2D eigenvalue weighted by molar-refractivity contribution is 6.06. The van der Waals surface area contributed by atoms with Crippen molar-refractivity contribution in [3.8, 4) is 67.3 Å². The Hall–Kier alpha value is -6.65. The second-order valence-electron chi connectivity index (χ2n) is 12.1. The molecule has 0 radical (unpaired) electrons. The van der Waals surface area contributed by atoms with Gasteiger partial charge in [0.2, 0.25) is 0 Å². The molecule has 0 atom stereocenters. The lowest BCUT2D eigenvalue weighted by Gasteiger charge is -2.13. The van der Waals surface area contributed by atoms with Crippen LogP contribution in [-0.2, 0) is 0 Å². The summed E-state index contributed by atoms with van der Waals surface area (Å²) < 4.78 is 6.15. The van der Waals surface area contributed by atoms with E-state index in [0.29, 0.717) is 5.82 Å². The molecule has 0 aliphatic heterocycles. The van der Waals surface area contributed by atoms with Crippen LogP contribution in [0.3, 0.4) is 0 Å². The maximum atomic E-state index is 6.15. The molecule has 0 amide bonds. The molecule has 230 valence electrons. The van der Waals surface area contributed by atoms with Gasteiger partial charge in [-0.25, -0.2) is 9.97 Å². The number of hydrogen-bond acceptors (Lipinski definition) is 4. The molecular weight excluding hydrogens is 599 g/mol. The van der Waals surface area contributed by atoms with Gasteiger partial charge in [0.1, 0.15) is 11.2 Å². The van der Waals surface area contributed by atoms with E-state index in [0.717, 1.165) is 83.4 Å². The number of rotatable bonds is 6. The van der Waals surface area contributed by atoms with Gasteiger partial charge in [-0.3, -0.25) is 4.98 Å². The minimum absolute atomic E-state index is 0.676. The zero-order valence-corrected chi connectivity index (χ0v) is 26.5. The highest BCUT2D eigenvalue weighted by Gasteiger charge is 2.15. The molecule has 4 nitrogen and oxygen atoms in total. The van der Waals surface area contributed by atoms with E-state index in [1.54, 1.807) is 0 Å². The Kier molecular flexibility index (Phi) is 7.10. The Morgan fingerprint density at radius 2 is 0.857 bits per heavy atom. The summed E-state index contributed by atoms with van der Waals surface area (Å²) in [7, 11) is 0. The number of fused-ring (bicyclic) bond motifs is 3. The Labute approximate surface area is 284 Å². The molecule has 0 saturated carbocycles. The lowest BCUT2D eigenvalue weighted by molar-refractivity contribution is 0.669. The van der Waals surface area contributed by atoms with Crippen LogP contribution in [0.4, 0.5) is 0 Å². The first-order chi connectivity index (χ1) is 24.2. The van der Waals surface area contributed by atoms with E-state index < -0.39 is 0 Å². The molecule has 0 aliphatic carbocycles. The van der Waals surface area contributed by atoms with E-state index in [1.165, 1.54) is 0 Å². The normalized spacial score (nSPS) is 11.3. The van der Waals surface area contributed by atoms with Crippen molar-refractivity contribution in [2.24, 2.45) is 0 Å². The minimum Gasteiger partial charge on any atom is -0.456 e. The van der Waals surface area contributed by atoms with Crippen LogP contribution in [0.25, 0.3) is 89.2 Å². The molecule has 0 saturated heterocycles. The average molecular weight is 628 g/mol. The number of hydrogen-bond donors (Lipinski definition) is 0. The summed E-state index contributed by atoms with van der Waals surface area (Å²) in [6.07, 6.45) is 3.63. The molecular formula is C45H29N3O. The van der Waals surface area contributed by atoms with Crippen molar-refractivity contribution in [2.75, 3.05) is 0 Å². The van der Waals surface area contributed by atoms with Crippen molar-refractivity contribution < 1.29 is 4.42 Å². The van der Waals surface area contributed by atoms with Crippen LogP contribution in [-0.4, -0.2) is 15.0 Å². The largest absolute Gasteiger partial charge is 0.456 e. The summed E-state index contributed by atoms with van der Waals surface area (Å²) in [6.45, 7) is 0. The summed E-state index contributed by atoms with van der Waals surface area (Å²) in [5.74, 6) is 0.676. The fourth-order valence-electron chi connectivity index (χ4n) is 6.48. The fourth-order valence-corrected chi connectivity index (χ4v) is 6.48. The third kappa shape index (κ3) is 5.56. The van der Waals surface area contributed by atoms with Crippen molar-refractivity contribution in [3.05, 3.63) is 176 Å². The highest BCUT2D eigenvalue weighted by atomic mass is 16.3. The van der Waals surface area contributed by atoms with Crippen LogP contribution < -0.4 is 0 Å². The van der Waals surface area contributed by atoms with Crippen molar-refractivity contribution in [3.63, 3.8) is 0 Å². The van der Waals surface area contributed by atoms with Crippen LogP contribution in [0.15, 0.2) is 181 Å². The first-order valence-electron chi connectivity index (χ1n) is 16.3.